The predicted octanol–water partition coefficient (Wildman–Crippen LogP) is 1.11. The molecule has 3 rings (SSSR count). The number of rotatable bonds is 7. The highest BCUT2D eigenvalue weighted by molar-refractivity contribution is 6.06. The molecule has 2 aromatic rings. The summed E-state index contributed by atoms with van der Waals surface area (Å²) in [6, 6.07) is 6.38. The number of carbonyl (C=O) groups is 2. The van der Waals surface area contributed by atoms with Crippen LogP contribution in [0, 0.1) is 0 Å². The van der Waals surface area contributed by atoms with E-state index in [0.29, 0.717) is 17.4 Å². The Hall–Kier alpha value is -2.45. The van der Waals surface area contributed by atoms with E-state index in [1.165, 1.54) is 19.4 Å². The van der Waals surface area contributed by atoms with Gasteiger partial charge in [-0.15, -0.1) is 0 Å². The van der Waals surface area contributed by atoms with Crippen LogP contribution in [-0.2, 0) is 0 Å². The number of nitrogens with one attached hydrogen (secondary N) is 1. The number of primary amides is 1. The summed E-state index contributed by atoms with van der Waals surface area (Å²) in [5, 5.41) is 7.64. The molecule has 27 heavy (non-hydrogen) atoms. The van der Waals surface area contributed by atoms with Gasteiger partial charge in [-0.05, 0) is 19.0 Å². The third-order valence-electron chi connectivity index (χ3n) is 5.02. The van der Waals surface area contributed by atoms with Gasteiger partial charge in [0.15, 0.2) is 5.69 Å². The number of para-hydroxylation sites is 1. The molecule has 1 aromatic carbocycles. The second-order valence-corrected chi connectivity index (χ2v) is 6.91. The van der Waals surface area contributed by atoms with Crippen LogP contribution in [0.3, 0.4) is 0 Å². The van der Waals surface area contributed by atoms with Crippen molar-refractivity contribution in [1.82, 2.24) is 24.9 Å². The Labute approximate surface area is 159 Å². The van der Waals surface area contributed by atoms with Gasteiger partial charge in [0.1, 0.15) is 0 Å². The molecular formula is C19H28N6O2. The number of nitrogens with two attached hydrogens (primary N) is 1. The molecule has 2 amide bonds. The summed E-state index contributed by atoms with van der Waals surface area (Å²) in [7, 11) is 0. The molecule has 1 aliphatic heterocycles. The van der Waals surface area contributed by atoms with Gasteiger partial charge >= 0.3 is 6.03 Å². The predicted molar refractivity (Wildman–Crippen MR) is 105 cm³/mol. The summed E-state index contributed by atoms with van der Waals surface area (Å²) in [5.41, 5.74) is 6.12. The Bertz CT molecular complexity index is 795. The van der Waals surface area contributed by atoms with Gasteiger partial charge in [0.25, 0.3) is 5.91 Å². The minimum Gasteiger partial charge on any atom is -0.350 e. The zero-order valence-corrected chi connectivity index (χ0v) is 15.9. The Balaban J connectivity index is 1.52. The molecule has 0 unspecified atom stereocenters. The maximum Gasteiger partial charge on any atom is 0.340 e. The van der Waals surface area contributed by atoms with Crippen molar-refractivity contribution >= 4 is 22.8 Å². The molecule has 0 bridgehead atoms. The molecule has 1 aliphatic rings. The van der Waals surface area contributed by atoms with E-state index >= 15 is 0 Å². The number of hydrogen-bond acceptors (Lipinski definition) is 5. The highest BCUT2D eigenvalue weighted by Gasteiger charge is 2.20. The zero-order valence-electron chi connectivity index (χ0n) is 15.9. The minimum atomic E-state index is -0.703. The van der Waals surface area contributed by atoms with E-state index in [4.69, 9.17) is 5.73 Å². The van der Waals surface area contributed by atoms with Crippen LogP contribution in [0.1, 0.15) is 30.3 Å². The van der Waals surface area contributed by atoms with Gasteiger partial charge in [0, 0.05) is 44.7 Å². The van der Waals surface area contributed by atoms with Gasteiger partial charge in [-0.2, -0.15) is 9.78 Å². The van der Waals surface area contributed by atoms with Crippen LogP contribution in [0.4, 0.5) is 4.79 Å². The van der Waals surface area contributed by atoms with E-state index in [-0.39, 0.29) is 11.6 Å². The van der Waals surface area contributed by atoms with Crippen LogP contribution < -0.4 is 11.1 Å². The third kappa shape index (κ3) is 4.64. The average molecular weight is 372 g/mol. The minimum absolute atomic E-state index is 0.230. The molecule has 3 N–H and O–H groups in total. The summed E-state index contributed by atoms with van der Waals surface area (Å²) in [6.45, 7) is 8.97. The van der Waals surface area contributed by atoms with E-state index in [0.717, 1.165) is 37.4 Å². The maximum absolute atomic E-state index is 12.5. The van der Waals surface area contributed by atoms with Crippen LogP contribution in [-0.4, -0.2) is 77.3 Å². The normalized spacial score (nSPS) is 15.9. The molecule has 1 fully saturated rings. The summed E-state index contributed by atoms with van der Waals surface area (Å²) in [5.74, 6) is -0.284. The number of nitrogens with zero attached hydrogens (tertiary/aromatic N) is 4. The molecule has 8 heteroatoms. The molecule has 0 atom stereocenters. The first-order valence-corrected chi connectivity index (χ1v) is 9.60. The lowest BCUT2D eigenvalue weighted by Crippen LogP contribution is -2.48. The van der Waals surface area contributed by atoms with E-state index in [2.05, 4.69) is 27.1 Å². The lowest BCUT2D eigenvalue weighted by molar-refractivity contribution is 0.0932. The van der Waals surface area contributed by atoms with Crippen molar-refractivity contribution in [1.29, 1.82) is 0 Å². The number of amides is 2. The molecule has 2 heterocycles. The number of aromatic nitrogens is 2. The van der Waals surface area contributed by atoms with Crippen LogP contribution in [0.2, 0.25) is 0 Å². The van der Waals surface area contributed by atoms with Crippen molar-refractivity contribution in [2.45, 2.75) is 19.8 Å². The number of hydrogen-bond donors (Lipinski definition) is 2. The second-order valence-electron chi connectivity index (χ2n) is 6.91. The fourth-order valence-corrected chi connectivity index (χ4v) is 3.43. The van der Waals surface area contributed by atoms with E-state index in [9.17, 15) is 9.59 Å². The fourth-order valence-electron chi connectivity index (χ4n) is 3.43. The van der Waals surface area contributed by atoms with Crippen molar-refractivity contribution in [2.75, 3.05) is 45.8 Å². The van der Waals surface area contributed by atoms with Gasteiger partial charge < -0.3 is 16.0 Å². The smallest absolute Gasteiger partial charge is 0.340 e. The maximum atomic E-state index is 12.5. The summed E-state index contributed by atoms with van der Waals surface area (Å²) >= 11 is 0. The molecule has 8 nitrogen and oxygen atoms in total. The third-order valence-corrected chi connectivity index (χ3v) is 5.02. The van der Waals surface area contributed by atoms with Crippen LogP contribution >= 0.6 is 0 Å². The zero-order chi connectivity index (χ0) is 19.2. The summed E-state index contributed by atoms with van der Waals surface area (Å²) < 4.78 is 1.07. The average Bonchev–Trinajstić information content (AvgIpc) is 3.07. The van der Waals surface area contributed by atoms with E-state index in [1.54, 1.807) is 18.2 Å². The van der Waals surface area contributed by atoms with Crippen molar-refractivity contribution in [2.24, 2.45) is 5.73 Å². The highest BCUT2D eigenvalue weighted by Crippen LogP contribution is 2.18. The first-order valence-electron chi connectivity index (χ1n) is 9.60. The monoisotopic (exact) mass is 372 g/mol. The largest absolute Gasteiger partial charge is 0.350 e. The second kappa shape index (κ2) is 8.96. The summed E-state index contributed by atoms with van der Waals surface area (Å²) in [6.07, 6.45) is 2.48. The first-order chi connectivity index (χ1) is 13.1. The van der Waals surface area contributed by atoms with Crippen molar-refractivity contribution in [3.8, 4) is 0 Å². The number of piperazine rings is 1. The van der Waals surface area contributed by atoms with Crippen molar-refractivity contribution in [3.05, 3.63) is 30.0 Å². The van der Waals surface area contributed by atoms with Gasteiger partial charge in [-0.3, -0.25) is 9.69 Å². The van der Waals surface area contributed by atoms with Crippen LogP contribution in [0.5, 0.6) is 0 Å². The molecular weight excluding hydrogens is 344 g/mol. The molecule has 0 radical (unpaired) electrons. The topological polar surface area (TPSA) is 96.5 Å². The first kappa shape index (κ1) is 19.3. The number of carbonyl (C=O) groups excluding carboxylic acids is 2. The highest BCUT2D eigenvalue weighted by atomic mass is 16.2. The molecule has 1 saturated heterocycles. The molecule has 146 valence electrons. The number of unbranched alkanes of at least 4 members (excludes halogenated alkanes) is 1. The van der Waals surface area contributed by atoms with Gasteiger partial charge in [-0.25, -0.2) is 4.79 Å². The number of fused-ring (bicyclic) bond motifs is 1. The van der Waals surface area contributed by atoms with Crippen molar-refractivity contribution < 1.29 is 9.59 Å². The Morgan fingerprint density at radius 2 is 1.78 bits per heavy atom. The fraction of sp³-hybridized carbons (Fsp3) is 0.526. The quantitative estimate of drug-likeness (QED) is 0.759. The SMILES string of the molecule is CCCCN1CCN(CCNC(=O)c2nn(C(N)=O)c3ccccc23)CC1. The molecule has 0 spiro atoms. The van der Waals surface area contributed by atoms with Gasteiger partial charge in [0.05, 0.1) is 5.52 Å². The lowest BCUT2D eigenvalue weighted by atomic mass is 10.2. The molecule has 0 aliphatic carbocycles. The molecule has 1 aromatic heterocycles. The molecule has 0 saturated carbocycles. The lowest BCUT2D eigenvalue weighted by Gasteiger charge is -2.34. The Morgan fingerprint density at radius 3 is 2.44 bits per heavy atom. The van der Waals surface area contributed by atoms with E-state index in [1.807, 2.05) is 6.07 Å². The Morgan fingerprint density at radius 1 is 1.11 bits per heavy atom. The van der Waals surface area contributed by atoms with Crippen LogP contribution in [0.25, 0.3) is 10.9 Å². The standard InChI is InChI=1S/C19H28N6O2/c1-2-3-9-23-11-13-24(14-12-23)10-8-21-18(26)17-15-6-4-5-7-16(15)25(22-17)19(20)27/h4-7H,2-3,8-14H2,1H3,(H2,20,27)(H,21,26). The van der Waals surface area contributed by atoms with Gasteiger partial charge in [-0.1, -0.05) is 31.5 Å². The van der Waals surface area contributed by atoms with Gasteiger partial charge in [0.2, 0.25) is 0 Å². The number of benzene rings is 1. The van der Waals surface area contributed by atoms with Crippen molar-refractivity contribution in [3.63, 3.8) is 0 Å². The van der Waals surface area contributed by atoms with Crippen LogP contribution in [0.15, 0.2) is 24.3 Å². The Kier molecular flexibility index (Phi) is 6.41. The summed E-state index contributed by atoms with van der Waals surface area (Å²) in [4.78, 5) is 28.9. The van der Waals surface area contributed by atoms with E-state index < -0.39 is 6.03 Å².